The second-order valence-corrected chi connectivity index (χ2v) is 4.12. The zero-order valence-electron chi connectivity index (χ0n) is 9.20. The number of nitrogens with zero attached hydrogens (tertiary/aromatic N) is 2. The summed E-state index contributed by atoms with van der Waals surface area (Å²) in [6.07, 6.45) is 4.47. The molecule has 5 heteroatoms. The van der Waals surface area contributed by atoms with E-state index < -0.39 is 0 Å². The molecule has 0 aliphatic heterocycles. The Hall–Kier alpha value is -1.31. The van der Waals surface area contributed by atoms with E-state index in [1.807, 2.05) is 6.07 Å². The van der Waals surface area contributed by atoms with Crippen molar-refractivity contribution in [2.75, 3.05) is 0 Å². The maximum atomic E-state index is 12.6. The molecule has 0 unspecified atom stereocenters. The highest BCUT2D eigenvalue weighted by atomic mass is 35.5. The summed E-state index contributed by atoms with van der Waals surface area (Å²) in [5, 5.41) is 8.91. The predicted molar refractivity (Wildman–Crippen MR) is 70.1 cm³/mol. The van der Waals surface area contributed by atoms with Crippen molar-refractivity contribution in [3.63, 3.8) is 0 Å². The number of nitriles is 1. The number of allylic oxidation sites excluding steroid dienone is 1. The molecule has 1 aromatic rings. The molecule has 0 aliphatic carbocycles. The summed E-state index contributed by atoms with van der Waals surface area (Å²) in [6, 6.07) is 2.04. The minimum absolute atomic E-state index is 0.0954. The molecule has 0 atom stereocenters. The van der Waals surface area contributed by atoms with Crippen LogP contribution < -0.4 is 0 Å². The van der Waals surface area contributed by atoms with Crippen molar-refractivity contribution in [1.29, 1.82) is 5.26 Å². The maximum absolute atomic E-state index is 12.6. The number of halogens is 2. The van der Waals surface area contributed by atoms with E-state index in [1.165, 1.54) is 12.3 Å². The molecule has 0 spiro atoms. The molecule has 0 amide bonds. The molecule has 0 saturated heterocycles. The molecule has 0 aromatic carbocycles. The Morgan fingerprint density at radius 2 is 2.47 bits per heavy atom. The van der Waals surface area contributed by atoms with Gasteiger partial charge in [-0.1, -0.05) is 12.7 Å². The van der Waals surface area contributed by atoms with Crippen LogP contribution in [0.2, 0.25) is 0 Å². The van der Waals surface area contributed by atoms with E-state index in [2.05, 4.69) is 11.6 Å². The largest absolute Gasteiger partial charge is 0.258 e. The molecule has 1 rings (SSSR count). The van der Waals surface area contributed by atoms with Gasteiger partial charge in [0.2, 0.25) is 0 Å². The molecule has 1 aromatic heterocycles. The van der Waals surface area contributed by atoms with Gasteiger partial charge < -0.3 is 0 Å². The predicted octanol–water partition coefficient (Wildman–Crippen LogP) is 4.15. The molecule has 0 saturated carbocycles. The van der Waals surface area contributed by atoms with Crippen LogP contribution in [0.15, 0.2) is 23.8 Å². The first-order chi connectivity index (χ1) is 8.17. The Kier molecular flexibility index (Phi) is 5.20. The zero-order chi connectivity index (χ0) is 12.8. The summed E-state index contributed by atoms with van der Waals surface area (Å²) in [6.45, 7) is 5.29. The van der Waals surface area contributed by atoms with Gasteiger partial charge in [0.15, 0.2) is 0 Å². The lowest BCUT2D eigenvalue weighted by molar-refractivity contribution is 0.945. The summed E-state index contributed by atoms with van der Waals surface area (Å²) < 4.78 is 12.6. The molecule has 0 aliphatic rings. The third-order valence-corrected chi connectivity index (χ3v) is 3.01. The van der Waals surface area contributed by atoms with E-state index in [4.69, 9.17) is 16.9 Å². The summed E-state index contributed by atoms with van der Waals surface area (Å²) in [4.78, 5) is 4.44. The fourth-order valence-electron chi connectivity index (χ4n) is 1.34. The van der Waals surface area contributed by atoms with Crippen molar-refractivity contribution in [3.05, 3.63) is 46.1 Å². The molecule has 2 nitrogen and oxygen atoms in total. The van der Waals surface area contributed by atoms with E-state index in [0.717, 1.165) is 5.56 Å². The lowest BCUT2D eigenvalue weighted by Crippen LogP contribution is -1.97. The van der Waals surface area contributed by atoms with Crippen LogP contribution in [0.4, 0.5) is 3.89 Å². The minimum Gasteiger partial charge on any atom is -0.258 e. The number of hydrogen-bond donors (Lipinski definition) is 0. The van der Waals surface area contributed by atoms with Gasteiger partial charge in [-0.15, -0.1) is 11.6 Å². The zero-order valence-corrected chi connectivity index (χ0v) is 10.8. The lowest BCUT2D eigenvalue weighted by Gasteiger charge is -2.08. The molecule has 88 valence electrons. The van der Waals surface area contributed by atoms with E-state index in [-0.39, 0.29) is 18.0 Å². The highest BCUT2D eigenvalue weighted by molar-refractivity contribution is 7.98. The van der Waals surface area contributed by atoms with Gasteiger partial charge in [0.25, 0.3) is 0 Å². The fourth-order valence-corrected chi connectivity index (χ4v) is 1.77. The quantitative estimate of drug-likeness (QED) is 0.608. The summed E-state index contributed by atoms with van der Waals surface area (Å²) in [7, 11) is 0. The van der Waals surface area contributed by atoms with Crippen molar-refractivity contribution >= 4 is 29.8 Å². The first-order valence-electron chi connectivity index (χ1n) is 4.75. The van der Waals surface area contributed by atoms with Crippen LogP contribution in [0.3, 0.4) is 0 Å². The smallest absolute Gasteiger partial charge is 0.101 e. The van der Waals surface area contributed by atoms with Crippen molar-refractivity contribution in [2.45, 2.75) is 12.8 Å². The summed E-state index contributed by atoms with van der Waals surface area (Å²) >= 11 is 5.86. The van der Waals surface area contributed by atoms with Crippen LogP contribution in [-0.4, -0.2) is 4.98 Å². The van der Waals surface area contributed by atoms with E-state index >= 15 is 0 Å². The number of pyridine rings is 1. The fraction of sp³-hybridized carbons (Fsp3) is 0.167. The molecule has 0 fully saturated rings. The van der Waals surface area contributed by atoms with E-state index in [9.17, 15) is 3.89 Å². The van der Waals surface area contributed by atoms with Crippen LogP contribution >= 0.6 is 23.7 Å². The average Bonchev–Trinajstić information content (AvgIpc) is 2.37. The third-order valence-electron chi connectivity index (χ3n) is 2.29. The van der Waals surface area contributed by atoms with Crippen LogP contribution in [0, 0.1) is 18.3 Å². The minimum atomic E-state index is 0.0954. The SMILES string of the molecule is C=C/C(=C\c1c(CCl)ncc(C#N)c1C)SF. The molecular formula is C12H10ClFN2S. The van der Waals surface area contributed by atoms with Gasteiger partial charge in [0.1, 0.15) is 6.07 Å². The standard InChI is InChI=1S/C12H10ClFN2S/c1-3-10(17-14)4-11-8(2)9(6-15)7-16-12(11)5-13/h3-4,7H,1,5H2,2H3/b10-4+. The van der Waals surface area contributed by atoms with Crippen molar-refractivity contribution < 1.29 is 3.89 Å². The van der Waals surface area contributed by atoms with E-state index in [0.29, 0.717) is 21.7 Å². The number of aromatic nitrogens is 1. The number of alkyl halides is 1. The summed E-state index contributed by atoms with van der Waals surface area (Å²) in [5.74, 6) is 0.208. The van der Waals surface area contributed by atoms with Gasteiger partial charge in [-0.05, 0) is 18.6 Å². The van der Waals surface area contributed by atoms with E-state index in [1.54, 1.807) is 13.0 Å². The Bertz CT molecular complexity index is 506. The van der Waals surface area contributed by atoms with Crippen molar-refractivity contribution in [3.8, 4) is 6.07 Å². The van der Waals surface area contributed by atoms with Gasteiger partial charge in [0, 0.05) is 16.7 Å². The van der Waals surface area contributed by atoms with Gasteiger partial charge in [-0.3, -0.25) is 4.98 Å². The van der Waals surface area contributed by atoms with Crippen molar-refractivity contribution in [2.24, 2.45) is 0 Å². The first-order valence-corrected chi connectivity index (χ1v) is 6.00. The topological polar surface area (TPSA) is 36.7 Å². The maximum Gasteiger partial charge on any atom is 0.101 e. The third kappa shape index (κ3) is 3.09. The highest BCUT2D eigenvalue weighted by Crippen LogP contribution is 2.25. The van der Waals surface area contributed by atoms with Crippen molar-refractivity contribution in [1.82, 2.24) is 4.98 Å². The van der Waals surface area contributed by atoms with Crippen LogP contribution in [0.25, 0.3) is 6.08 Å². The average molecular weight is 269 g/mol. The molecule has 1 heterocycles. The second kappa shape index (κ2) is 6.43. The Labute approximate surface area is 109 Å². The molecule has 0 radical (unpaired) electrons. The van der Waals surface area contributed by atoms with Gasteiger partial charge in [-0.25, -0.2) is 0 Å². The monoisotopic (exact) mass is 268 g/mol. The Morgan fingerprint density at radius 3 is 2.94 bits per heavy atom. The van der Waals surface area contributed by atoms with Crippen LogP contribution in [0.1, 0.15) is 22.4 Å². The molecule has 0 bridgehead atoms. The molecule has 0 N–H and O–H groups in total. The number of rotatable bonds is 4. The van der Waals surface area contributed by atoms with Gasteiger partial charge in [0.05, 0.1) is 29.3 Å². The normalized spacial score (nSPS) is 11.1. The second-order valence-electron chi connectivity index (χ2n) is 3.23. The summed E-state index contributed by atoms with van der Waals surface area (Å²) in [5.41, 5.74) is 2.50. The molecule has 17 heavy (non-hydrogen) atoms. The Morgan fingerprint density at radius 1 is 1.76 bits per heavy atom. The lowest BCUT2D eigenvalue weighted by atomic mass is 10.0. The van der Waals surface area contributed by atoms with Gasteiger partial charge in [-0.2, -0.15) is 9.15 Å². The molecular weight excluding hydrogens is 259 g/mol. The van der Waals surface area contributed by atoms with Gasteiger partial charge >= 0.3 is 0 Å². The highest BCUT2D eigenvalue weighted by Gasteiger charge is 2.09. The first kappa shape index (κ1) is 13.8. The van der Waals surface area contributed by atoms with Crippen LogP contribution in [0.5, 0.6) is 0 Å². The Balaban J connectivity index is 3.44. The van der Waals surface area contributed by atoms with Crippen LogP contribution in [-0.2, 0) is 5.88 Å². The number of hydrogen-bond acceptors (Lipinski definition) is 3.